The molecule has 1 amide bonds. The maximum Gasteiger partial charge on any atom is 0.323 e. The SMILES string of the molecule is Cc1ccc(S[C@H](C)C(=O)Nc2ccc3[nH]c(=O)[nH]c3c2)cc1. The lowest BCUT2D eigenvalue weighted by Crippen LogP contribution is -2.22. The summed E-state index contributed by atoms with van der Waals surface area (Å²) in [6.45, 7) is 3.91. The van der Waals surface area contributed by atoms with Gasteiger partial charge in [-0.2, -0.15) is 0 Å². The quantitative estimate of drug-likeness (QED) is 0.644. The van der Waals surface area contributed by atoms with E-state index >= 15 is 0 Å². The Hall–Kier alpha value is -2.47. The zero-order valence-corrected chi connectivity index (χ0v) is 13.7. The Morgan fingerprint density at radius 2 is 1.78 bits per heavy atom. The van der Waals surface area contributed by atoms with Gasteiger partial charge in [-0.15, -0.1) is 11.8 Å². The number of benzene rings is 2. The summed E-state index contributed by atoms with van der Waals surface area (Å²) in [6.07, 6.45) is 0. The van der Waals surface area contributed by atoms with E-state index in [1.807, 2.05) is 38.1 Å². The predicted octanol–water partition coefficient (Wildman–Crippen LogP) is 3.28. The van der Waals surface area contributed by atoms with E-state index in [-0.39, 0.29) is 16.8 Å². The molecule has 0 aliphatic carbocycles. The monoisotopic (exact) mass is 327 g/mol. The fourth-order valence-electron chi connectivity index (χ4n) is 2.23. The molecule has 23 heavy (non-hydrogen) atoms. The van der Waals surface area contributed by atoms with Crippen molar-refractivity contribution in [3.05, 3.63) is 58.5 Å². The molecular formula is C17H17N3O2S. The topological polar surface area (TPSA) is 77.8 Å². The molecule has 3 rings (SSSR count). The van der Waals surface area contributed by atoms with Crippen LogP contribution in [0.5, 0.6) is 0 Å². The van der Waals surface area contributed by atoms with Crippen LogP contribution in [-0.2, 0) is 4.79 Å². The summed E-state index contributed by atoms with van der Waals surface area (Å²) in [5.41, 5.74) is 2.99. The number of aryl methyl sites for hydroxylation is 1. The highest BCUT2D eigenvalue weighted by molar-refractivity contribution is 8.00. The molecule has 118 valence electrons. The van der Waals surface area contributed by atoms with E-state index in [2.05, 4.69) is 15.3 Å². The maximum absolute atomic E-state index is 12.3. The van der Waals surface area contributed by atoms with Crippen LogP contribution in [-0.4, -0.2) is 21.1 Å². The molecule has 1 heterocycles. The molecule has 0 aliphatic rings. The van der Waals surface area contributed by atoms with Crippen molar-refractivity contribution in [1.29, 1.82) is 0 Å². The third kappa shape index (κ3) is 3.65. The van der Waals surface area contributed by atoms with Crippen LogP contribution < -0.4 is 11.0 Å². The van der Waals surface area contributed by atoms with Crippen molar-refractivity contribution >= 4 is 34.4 Å². The minimum Gasteiger partial charge on any atom is -0.325 e. The lowest BCUT2D eigenvalue weighted by atomic mass is 10.2. The van der Waals surface area contributed by atoms with Gasteiger partial charge in [-0.25, -0.2) is 4.79 Å². The average Bonchev–Trinajstić information content (AvgIpc) is 2.88. The van der Waals surface area contributed by atoms with Crippen LogP contribution in [0.3, 0.4) is 0 Å². The molecule has 0 unspecified atom stereocenters. The van der Waals surface area contributed by atoms with Crippen molar-refractivity contribution in [2.75, 3.05) is 5.32 Å². The van der Waals surface area contributed by atoms with Crippen molar-refractivity contribution < 1.29 is 4.79 Å². The van der Waals surface area contributed by atoms with Gasteiger partial charge in [-0.05, 0) is 44.2 Å². The van der Waals surface area contributed by atoms with E-state index in [9.17, 15) is 9.59 Å². The van der Waals surface area contributed by atoms with E-state index in [0.29, 0.717) is 11.2 Å². The Morgan fingerprint density at radius 3 is 2.52 bits per heavy atom. The fourth-order valence-corrected chi connectivity index (χ4v) is 3.10. The van der Waals surface area contributed by atoms with Gasteiger partial charge in [0.25, 0.3) is 0 Å². The minimum atomic E-state index is -0.258. The van der Waals surface area contributed by atoms with E-state index < -0.39 is 0 Å². The molecule has 0 saturated carbocycles. The van der Waals surface area contributed by atoms with Crippen molar-refractivity contribution in [2.45, 2.75) is 24.0 Å². The number of carbonyl (C=O) groups is 1. The molecule has 0 radical (unpaired) electrons. The minimum absolute atomic E-state index is 0.0761. The third-order valence-electron chi connectivity index (χ3n) is 3.49. The van der Waals surface area contributed by atoms with Crippen LogP contribution in [0.25, 0.3) is 11.0 Å². The lowest BCUT2D eigenvalue weighted by Gasteiger charge is -2.12. The normalized spacial score (nSPS) is 12.3. The number of thioether (sulfide) groups is 1. The summed E-state index contributed by atoms with van der Waals surface area (Å²) < 4.78 is 0. The summed E-state index contributed by atoms with van der Waals surface area (Å²) in [5.74, 6) is -0.0761. The van der Waals surface area contributed by atoms with Crippen LogP contribution in [0.15, 0.2) is 52.2 Å². The van der Waals surface area contributed by atoms with Gasteiger partial charge in [-0.1, -0.05) is 17.7 Å². The molecule has 0 saturated heterocycles. The summed E-state index contributed by atoms with van der Waals surface area (Å²) in [5, 5.41) is 2.66. The van der Waals surface area contributed by atoms with Crippen LogP contribution in [0.1, 0.15) is 12.5 Å². The first-order valence-corrected chi connectivity index (χ1v) is 8.15. The second-order valence-corrected chi connectivity index (χ2v) is 6.82. The predicted molar refractivity (Wildman–Crippen MR) is 94.0 cm³/mol. The molecule has 0 bridgehead atoms. The van der Waals surface area contributed by atoms with Gasteiger partial charge in [0.2, 0.25) is 5.91 Å². The summed E-state index contributed by atoms with van der Waals surface area (Å²) in [7, 11) is 0. The van der Waals surface area contributed by atoms with Crippen LogP contribution in [0.2, 0.25) is 0 Å². The molecular weight excluding hydrogens is 310 g/mol. The average molecular weight is 327 g/mol. The number of carbonyl (C=O) groups excluding carboxylic acids is 1. The van der Waals surface area contributed by atoms with Gasteiger partial charge in [-0.3, -0.25) is 4.79 Å². The van der Waals surface area contributed by atoms with Gasteiger partial charge in [0, 0.05) is 10.6 Å². The smallest absolute Gasteiger partial charge is 0.323 e. The largest absolute Gasteiger partial charge is 0.325 e. The van der Waals surface area contributed by atoms with Crippen LogP contribution in [0.4, 0.5) is 5.69 Å². The zero-order valence-electron chi connectivity index (χ0n) is 12.8. The molecule has 1 atom stereocenters. The highest BCUT2D eigenvalue weighted by atomic mass is 32.2. The number of aromatic nitrogens is 2. The van der Waals surface area contributed by atoms with Gasteiger partial charge in [0.15, 0.2) is 0 Å². The number of H-pyrrole nitrogens is 2. The Labute approximate surface area is 137 Å². The van der Waals surface area contributed by atoms with E-state index in [1.165, 1.54) is 17.3 Å². The van der Waals surface area contributed by atoms with Crippen LogP contribution in [0, 0.1) is 6.92 Å². The van der Waals surface area contributed by atoms with Crippen molar-refractivity contribution in [1.82, 2.24) is 9.97 Å². The van der Waals surface area contributed by atoms with E-state index in [1.54, 1.807) is 18.2 Å². The standard InChI is InChI=1S/C17H17N3O2S/c1-10-3-6-13(7-4-10)23-11(2)16(21)18-12-5-8-14-15(9-12)20-17(22)19-14/h3-9,11H,1-2H3,(H,18,21)(H2,19,20,22)/t11-/m1/s1. The highest BCUT2D eigenvalue weighted by Crippen LogP contribution is 2.24. The van der Waals surface area contributed by atoms with Crippen LogP contribution >= 0.6 is 11.8 Å². The third-order valence-corrected chi connectivity index (χ3v) is 4.60. The second-order valence-electron chi connectivity index (χ2n) is 5.40. The van der Waals surface area contributed by atoms with Crippen molar-refractivity contribution in [3.63, 3.8) is 0 Å². The summed E-state index contributed by atoms with van der Waals surface area (Å²) in [4.78, 5) is 30.0. The number of imidazole rings is 1. The fraction of sp³-hybridized carbons (Fsp3) is 0.176. The molecule has 0 aliphatic heterocycles. The Morgan fingerprint density at radius 1 is 1.09 bits per heavy atom. The van der Waals surface area contributed by atoms with Gasteiger partial charge in [0.1, 0.15) is 0 Å². The zero-order chi connectivity index (χ0) is 16.4. The lowest BCUT2D eigenvalue weighted by molar-refractivity contribution is -0.115. The molecule has 3 N–H and O–H groups in total. The number of aromatic amines is 2. The number of hydrogen-bond acceptors (Lipinski definition) is 3. The number of anilines is 1. The highest BCUT2D eigenvalue weighted by Gasteiger charge is 2.15. The van der Waals surface area contributed by atoms with Gasteiger partial charge < -0.3 is 15.3 Å². The second kappa shape index (κ2) is 6.34. The maximum atomic E-state index is 12.3. The molecule has 1 aromatic heterocycles. The number of rotatable bonds is 4. The number of fused-ring (bicyclic) bond motifs is 1. The molecule has 3 aromatic rings. The van der Waals surface area contributed by atoms with Crippen molar-refractivity contribution in [2.24, 2.45) is 0 Å². The summed E-state index contributed by atoms with van der Waals surface area (Å²) >= 11 is 1.51. The Bertz CT molecular complexity index is 896. The van der Waals surface area contributed by atoms with E-state index in [4.69, 9.17) is 0 Å². The first-order chi connectivity index (χ1) is 11.0. The first-order valence-electron chi connectivity index (χ1n) is 7.27. The molecule has 2 aromatic carbocycles. The Balaban J connectivity index is 1.69. The first kappa shape index (κ1) is 15.4. The Kier molecular flexibility index (Phi) is 4.25. The number of nitrogens with one attached hydrogen (secondary N) is 3. The molecule has 5 nitrogen and oxygen atoms in total. The van der Waals surface area contributed by atoms with Gasteiger partial charge >= 0.3 is 5.69 Å². The molecule has 6 heteroatoms. The van der Waals surface area contributed by atoms with Crippen molar-refractivity contribution in [3.8, 4) is 0 Å². The number of amides is 1. The molecule has 0 fully saturated rings. The van der Waals surface area contributed by atoms with E-state index in [0.717, 1.165) is 10.4 Å². The summed E-state index contributed by atoms with van der Waals surface area (Å²) in [6, 6.07) is 13.4. The van der Waals surface area contributed by atoms with Gasteiger partial charge in [0.05, 0.1) is 16.3 Å². The number of hydrogen-bond donors (Lipinski definition) is 3. The molecule has 0 spiro atoms.